The van der Waals surface area contributed by atoms with Crippen molar-refractivity contribution in [3.63, 3.8) is 0 Å². The molecular weight excluding hydrogens is 278 g/mol. The molecule has 1 aliphatic rings. The maximum absolute atomic E-state index is 12.4. The number of hydrazone groups is 1. The molecule has 1 saturated carbocycles. The molecule has 0 aliphatic heterocycles. The standard InChI is InChI=1S/C16H17N5O/c17-10-13(11-18)20-21-15-9-5-4-8-14(15)16(22)19-12-6-2-1-3-7-12/h4-5,8-9,12,21H,1-3,6-7H2,(H,19,22). The Hall–Kier alpha value is -2.86. The zero-order chi connectivity index (χ0) is 15.8. The van der Waals surface area contributed by atoms with Gasteiger partial charge in [0.25, 0.3) is 5.91 Å². The Morgan fingerprint density at radius 2 is 1.82 bits per heavy atom. The molecule has 22 heavy (non-hydrogen) atoms. The molecule has 2 rings (SSSR count). The molecule has 6 nitrogen and oxygen atoms in total. The van der Waals surface area contributed by atoms with Crippen LogP contribution in [0, 0.1) is 22.7 Å². The maximum atomic E-state index is 12.4. The molecule has 1 aromatic rings. The average Bonchev–Trinajstić information content (AvgIpc) is 2.57. The Kier molecular flexibility index (Phi) is 5.50. The van der Waals surface area contributed by atoms with Crippen LogP contribution >= 0.6 is 0 Å². The summed E-state index contributed by atoms with van der Waals surface area (Å²) in [5.74, 6) is -0.166. The number of carbonyl (C=O) groups excluding carboxylic acids is 1. The molecule has 6 heteroatoms. The molecule has 1 fully saturated rings. The molecule has 0 saturated heterocycles. The fourth-order valence-electron chi connectivity index (χ4n) is 2.48. The summed E-state index contributed by atoms with van der Waals surface area (Å²) in [6.45, 7) is 0. The molecule has 0 atom stereocenters. The fraction of sp³-hybridized carbons (Fsp3) is 0.375. The molecular formula is C16H17N5O. The molecule has 112 valence electrons. The van der Waals surface area contributed by atoms with E-state index >= 15 is 0 Å². The zero-order valence-electron chi connectivity index (χ0n) is 12.2. The van der Waals surface area contributed by atoms with E-state index in [1.165, 1.54) is 6.42 Å². The minimum Gasteiger partial charge on any atom is -0.349 e. The van der Waals surface area contributed by atoms with Crippen molar-refractivity contribution in [3.8, 4) is 12.1 Å². The van der Waals surface area contributed by atoms with E-state index in [1.54, 1.807) is 36.4 Å². The quantitative estimate of drug-likeness (QED) is 0.658. The molecule has 2 N–H and O–H groups in total. The van der Waals surface area contributed by atoms with Gasteiger partial charge in [-0.2, -0.15) is 15.6 Å². The molecule has 1 aromatic carbocycles. The Morgan fingerprint density at radius 3 is 2.50 bits per heavy atom. The van der Waals surface area contributed by atoms with Gasteiger partial charge in [0.2, 0.25) is 5.71 Å². The number of nitrogens with one attached hydrogen (secondary N) is 2. The van der Waals surface area contributed by atoms with Crippen LogP contribution in [0.4, 0.5) is 5.69 Å². The molecule has 0 aromatic heterocycles. The predicted molar refractivity (Wildman–Crippen MR) is 83.1 cm³/mol. The van der Waals surface area contributed by atoms with E-state index in [4.69, 9.17) is 10.5 Å². The second kappa shape index (κ2) is 7.80. The van der Waals surface area contributed by atoms with Crippen molar-refractivity contribution in [3.05, 3.63) is 29.8 Å². The summed E-state index contributed by atoms with van der Waals surface area (Å²) in [4.78, 5) is 12.4. The molecule has 0 bridgehead atoms. The number of rotatable bonds is 4. The second-order valence-electron chi connectivity index (χ2n) is 5.15. The minimum atomic E-state index is -0.289. The van der Waals surface area contributed by atoms with E-state index in [0.29, 0.717) is 11.3 Å². The number of hydrogen-bond donors (Lipinski definition) is 2. The number of benzene rings is 1. The summed E-state index contributed by atoms with van der Waals surface area (Å²) < 4.78 is 0. The van der Waals surface area contributed by atoms with Gasteiger partial charge in [-0.05, 0) is 25.0 Å². The van der Waals surface area contributed by atoms with Gasteiger partial charge in [0.1, 0.15) is 12.1 Å². The topological polar surface area (TPSA) is 101 Å². The summed E-state index contributed by atoms with van der Waals surface area (Å²) in [5.41, 5.74) is 3.25. The van der Waals surface area contributed by atoms with Crippen LogP contribution in [0.15, 0.2) is 29.4 Å². The largest absolute Gasteiger partial charge is 0.349 e. The smallest absolute Gasteiger partial charge is 0.253 e. The maximum Gasteiger partial charge on any atom is 0.253 e. The van der Waals surface area contributed by atoms with Gasteiger partial charge in [-0.3, -0.25) is 10.2 Å². The van der Waals surface area contributed by atoms with Crippen LogP contribution in [0.2, 0.25) is 0 Å². The lowest BCUT2D eigenvalue weighted by Gasteiger charge is -2.23. The van der Waals surface area contributed by atoms with E-state index in [2.05, 4.69) is 15.8 Å². The molecule has 0 unspecified atom stereocenters. The lowest BCUT2D eigenvalue weighted by atomic mass is 9.95. The Bertz CT molecular complexity index is 631. The van der Waals surface area contributed by atoms with Crippen molar-refractivity contribution < 1.29 is 4.79 Å². The molecule has 1 amide bonds. The van der Waals surface area contributed by atoms with Crippen molar-refractivity contribution in [2.45, 2.75) is 38.1 Å². The molecule has 0 heterocycles. The first kappa shape index (κ1) is 15.5. The highest BCUT2D eigenvalue weighted by Crippen LogP contribution is 2.20. The summed E-state index contributed by atoms with van der Waals surface area (Å²) in [6, 6.07) is 10.4. The first-order valence-corrected chi connectivity index (χ1v) is 7.28. The van der Waals surface area contributed by atoms with Gasteiger partial charge in [-0.25, -0.2) is 0 Å². The average molecular weight is 295 g/mol. The van der Waals surface area contributed by atoms with Gasteiger partial charge >= 0.3 is 0 Å². The molecule has 1 aliphatic carbocycles. The van der Waals surface area contributed by atoms with Crippen LogP contribution < -0.4 is 10.7 Å². The lowest BCUT2D eigenvalue weighted by molar-refractivity contribution is 0.0928. The highest BCUT2D eigenvalue weighted by Gasteiger charge is 2.18. The van der Waals surface area contributed by atoms with Gasteiger partial charge < -0.3 is 5.32 Å². The zero-order valence-corrected chi connectivity index (χ0v) is 12.2. The van der Waals surface area contributed by atoms with Crippen molar-refractivity contribution in [2.75, 3.05) is 5.43 Å². The van der Waals surface area contributed by atoms with E-state index in [1.807, 2.05) is 0 Å². The predicted octanol–water partition coefficient (Wildman–Crippen LogP) is 2.56. The van der Waals surface area contributed by atoms with Gasteiger partial charge in [-0.15, -0.1) is 0 Å². The number of amides is 1. The van der Waals surface area contributed by atoms with Crippen LogP contribution in [0.3, 0.4) is 0 Å². The summed E-state index contributed by atoms with van der Waals surface area (Å²) in [5, 5.41) is 24.1. The normalized spacial score (nSPS) is 14.3. The molecule has 0 spiro atoms. The van der Waals surface area contributed by atoms with E-state index < -0.39 is 0 Å². The Labute approximate surface area is 129 Å². The van der Waals surface area contributed by atoms with Gasteiger partial charge in [-0.1, -0.05) is 31.4 Å². The monoisotopic (exact) mass is 295 g/mol. The third kappa shape index (κ3) is 4.07. The number of para-hydroxylation sites is 1. The van der Waals surface area contributed by atoms with E-state index in [0.717, 1.165) is 25.7 Å². The van der Waals surface area contributed by atoms with E-state index in [-0.39, 0.29) is 17.7 Å². The van der Waals surface area contributed by atoms with Gasteiger partial charge in [0.05, 0.1) is 11.3 Å². The van der Waals surface area contributed by atoms with Crippen molar-refractivity contribution >= 4 is 17.3 Å². The minimum absolute atomic E-state index is 0.166. The highest BCUT2D eigenvalue weighted by molar-refractivity contribution is 6.10. The number of hydrogen-bond acceptors (Lipinski definition) is 5. The van der Waals surface area contributed by atoms with Crippen molar-refractivity contribution in [1.29, 1.82) is 10.5 Å². The highest BCUT2D eigenvalue weighted by atomic mass is 16.1. The number of nitriles is 2. The van der Waals surface area contributed by atoms with Crippen LogP contribution in [0.25, 0.3) is 0 Å². The third-order valence-electron chi connectivity index (χ3n) is 3.61. The summed E-state index contributed by atoms with van der Waals surface area (Å²) >= 11 is 0. The second-order valence-corrected chi connectivity index (χ2v) is 5.15. The van der Waals surface area contributed by atoms with Crippen LogP contribution in [-0.4, -0.2) is 17.7 Å². The first-order valence-electron chi connectivity index (χ1n) is 7.28. The third-order valence-corrected chi connectivity index (χ3v) is 3.61. The fourth-order valence-corrected chi connectivity index (χ4v) is 2.48. The Morgan fingerprint density at radius 1 is 1.14 bits per heavy atom. The van der Waals surface area contributed by atoms with Crippen LogP contribution in [0.1, 0.15) is 42.5 Å². The van der Waals surface area contributed by atoms with Crippen LogP contribution in [-0.2, 0) is 0 Å². The van der Waals surface area contributed by atoms with Crippen molar-refractivity contribution in [2.24, 2.45) is 5.10 Å². The van der Waals surface area contributed by atoms with E-state index in [9.17, 15) is 4.79 Å². The Balaban J connectivity index is 2.10. The molecule has 0 radical (unpaired) electrons. The summed E-state index contributed by atoms with van der Waals surface area (Å²) in [7, 11) is 0. The first-order chi connectivity index (χ1) is 10.7. The number of anilines is 1. The van der Waals surface area contributed by atoms with Gasteiger partial charge in [0.15, 0.2) is 0 Å². The van der Waals surface area contributed by atoms with Crippen LogP contribution in [0.5, 0.6) is 0 Å². The lowest BCUT2D eigenvalue weighted by Crippen LogP contribution is -2.36. The van der Waals surface area contributed by atoms with Gasteiger partial charge in [0, 0.05) is 6.04 Å². The summed E-state index contributed by atoms with van der Waals surface area (Å²) in [6.07, 6.45) is 5.52. The number of carbonyl (C=O) groups is 1. The van der Waals surface area contributed by atoms with Crippen molar-refractivity contribution in [1.82, 2.24) is 5.32 Å². The SMILES string of the molecule is N#CC(C#N)=NNc1ccccc1C(=O)NC1CCCCC1. The number of nitrogens with zero attached hydrogens (tertiary/aromatic N) is 3.